The van der Waals surface area contributed by atoms with Crippen LogP contribution in [0, 0.1) is 0 Å². The maximum absolute atomic E-state index is 12.1. The molecule has 43 heavy (non-hydrogen) atoms. The Morgan fingerprint density at radius 3 is 2.35 bits per heavy atom. The summed E-state index contributed by atoms with van der Waals surface area (Å²) in [6, 6.07) is 6.83. The number of piperazine rings is 1. The quantitative estimate of drug-likeness (QED) is 0.423. The van der Waals surface area contributed by atoms with Gasteiger partial charge in [-0.1, -0.05) is 25.3 Å². The Kier molecular flexibility index (Phi) is 11.6. The average molecular weight is 615 g/mol. The van der Waals surface area contributed by atoms with Crippen LogP contribution in [0.15, 0.2) is 23.6 Å². The number of methoxy groups -OCH3 is 1. The van der Waals surface area contributed by atoms with Gasteiger partial charge in [-0.25, -0.2) is 14.6 Å². The van der Waals surface area contributed by atoms with Crippen LogP contribution in [0.2, 0.25) is 0 Å². The smallest absolute Gasteiger partial charge is 0.407 e. The molecule has 0 bridgehead atoms. The molecule has 1 saturated carbocycles. The van der Waals surface area contributed by atoms with E-state index in [9.17, 15) is 14.4 Å². The number of nitrogens with zero attached hydrogens (tertiary/aromatic N) is 4. The molecule has 1 atom stereocenters. The Hall–Kier alpha value is -3.38. The molecule has 1 aromatic carbocycles. The molecule has 5 rings (SSSR count). The lowest BCUT2D eigenvalue weighted by Gasteiger charge is -2.42. The fraction of sp³-hybridized carbons (Fsp3) is 0.613. The van der Waals surface area contributed by atoms with Gasteiger partial charge < -0.3 is 30.7 Å². The van der Waals surface area contributed by atoms with Crippen LogP contribution in [0.1, 0.15) is 80.1 Å². The van der Waals surface area contributed by atoms with Gasteiger partial charge in [0, 0.05) is 62.3 Å². The summed E-state index contributed by atoms with van der Waals surface area (Å²) in [5.74, 6) is 0.909. The average Bonchev–Trinajstić information content (AvgIpc) is 3.52. The molecule has 2 saturated heterocycles. The number of thiazole rings is 1. The van der Waals surface area contributed by atoms with Gasteiger partial charge in [0.25, 0.3) is 5.91 Å². The Balaban J connectivity index is 0.000000197. The van der Waals surface area contributed by atoms with Gasteiger partial charge in [0.05, 0.1) is 12.8 Å². The number of aromatic nitrogens is 1. The Labute approximate surface area is 258 Å². The van der Waals surface area contributed by atoms with Crippen molar-refractivity contribution in [2.45, 2.75) is 76.8 Å². The minimum absolute atomic E-state index is 0.0128. The molecular weight excluding hydrogens is 568 g/mol. The zero-order chi connectivity index (χ0) is 30.9. The minimum Gasteiger partial charge on any atom is -0.496 e. The van der Waals surface area contributed by atoms with Crippen LogP contribution in [0.5, 0.6) is 5.75 Å². The van der Waals surface area contributed by atoms with E-state index in [1.807, 2.05) is 30.2 Å². The maximum Gasteiger partial charge on any atom is 0.407 e. The summed E-state index contributed by atoms with van der Waals surface area (Å²) in [6.45, 7) is 8.12. The minimum atomic E-state index is -0.837. The number of ether oxygens (including phenoxy) is 1. The van der Waals surface area contributed by atoms with E-state index in [0.29, 0.717) is 30.1 Å². The molecule has 4 amide bonds. The Bertz CT molecular complexity index is 1240. The number of carbonyl (C=O) groups is 3. The van der Waals surface area contributed by atoms with E-state index < -0.39 is 12.0 Å². The van der Waals surface area contributed by atoms with Gasteiger partial charge in [-0.3, -0.25) is 9.69 Å². The molecule has 11 nitrogen and oxygen atoms in total. The second-order valence-electron chi connectivity index (χ2n) is 11.8. The van der Waals surface area contributed by atoms with Crippen molar-refractivity contribution in [2.24, 2.45) is 5.73 Å². The van der Waals surface area contributed by atoms with Crippen molar-refractivity contribution in [2.75, 3.05) is 46.4 Å². The summed E-state index contributed by atoms with van der Waals surface area (Å²) < 4.78 is 5.46. The van der Waals surface area contributed by atoms with Crippen molar-refractivity contribution >= 4 is 29.4 Å². The molecule has 3 fully saturated rings. The number of urea groups is 1. The highest BCUT2D eigenvalue weighted by Crippen LogP contribution is 2.38. The van der Waals surface area contributed by atoms with E-state index in [1.165, 1.54) is 53.9 Å². The first-order valence-corrected chi connectivity index (χ1v) is 16.2. The van der Waals surface area contributed by atoms with E-state index in [1.54, 1.807) is 7.11 Å². The summed E-state index contributed by atoms with van der Waals surface area (Å²) in [5, 5.41) is 14.1. The van der Waals surface area contributed by atoms with Gasteiger partial charge in [0.15, 0.2) is 5.01 Å². The third kappa shape index (κ3) is 8.82. The highest BCUT2D eigenvalue weighted by molar-refractivity contribution is 7.12. The van der Waals surface area contributed by atoms with Crippen molar-refractivity contribution in [1.82, 2.24) is 25.0 Å². The highest BCUT2D eigenvalue weighted by Gasteiger charge is 2.31. The molecule has 236 valence electrons. The van der Waals surface area contributed by atoms with Crippen molar-refractivity contribution < 1.29 is 24.2 Å². The van der Waals surface area contributed by atoms with Gasteiger partial charge in [-0.05, 0) is 63.1 Å². The number of hydrogen-bond acceptors (Lipinski definition) is 7. The number of hydrogen-bond donors (Lipinski definition) is 3. The third-order valence-electron chi connectivity index (χ3n) is 8.49. The lowest BCUT2D eigenvalue weighted by molar-refractivity contribution is 0.0590. The SMILES string of the molecule is CC(C)NC(=O)N1CCCC(N2CCN(C(=O)O)CC2)C1.COc1ccc(C2CCCCC2)cc1-c1csc(C(N)=O)n1. The topological polar surface area (TPSA) is 141 Å². The molecule has 1 unspecified atom stereocenters. The first kappa shape index (κ1) is 32.5. The van der Waals surface area contributed by atoms with Crippen LogP contribution in [0.4, 0.5) is 9.59 Å². The fourth-order valence-electron chi connectivity index (χ4n) is 6.18. The number of piperidine rings is 1. The number of nitrogens with one attached hydrogen (secondary N) is 1. The van der Waals surface area contributed by atoms with Gasteiger partial charge in [0.2, 0.25) is 0 Å². The molecule has 1 aliphatic carbocycles. The Morgan fingerprint density at radius 1 is 1.02 bits per heavy atom. The Morgan fingerprint density at radius 2 is 1.74 bits per heavy atom. The molecule has 2 aromatic rings. The van der Waals surface area contributed by atoms with E-state index in [2.05, 4.69) is 27.3 Å². The standard InChI is InChI=1S/C17H20N2O2S.C14H26N4O3/c1-21-15-8-7-12(11-5-3-2-4-6-11)9-13(15)14-10-22-17(19-14)16(18)20;1-11(2)15-13(19)18-5-3-4-12(10-18)16-6-8-17(9-7-16)14(20)21/h7-11H,2-6H2,1H3,(H2,18,20);11-12H,3-10H2,1-2H3,(H,15,19)(H,20,21). The second-order valence-corrected chi connectivity index (χ2v) is 12.7. The number of rotatable bonds is 6. The van der Waals surface area contributed by atoms with Crippen LogP contribution in [-0.2, 0) is 0 Å². The first-order valence-electron chi connectivity index (χ1n) is 15.4. The van der Waals surface area contributed by atoms with Crippen LogP contribution in [0.3, 0.4) is 0 Å². The largest absolute Gasteiger partial charge is 0.496 e. The number of carbonyl (C=O) groups excluding carboxylic acids is 2. The number of nitrogens with two attached hydrogens (primary N) is 1. The third-order valence-corrected chi connectivity index (χ3v) is 9.34. The number of benzene rings is 1. The highest BCUT2D eigenvalue weighted by atomic mass is 32.1. The van der Waals surface area contributed by atoms with Crippen LogP contribution >= 0.6 is 11.3 Å². The van der Waals surface area contributed by atoms with Gasteiger partial charge >= 0.3 is 12.1 Å². The zero-order valence-corrected chi connectivity index (χ0v) is 26.4. The molecule has 0 spiro atoms. The van der Waals surface area contributed by atoms with E-state index in [0.717, 1.165) is 56.0 Å². The number of amides is 4. The molecule has 1 aromatic heterocycles. The summed E-state index contributed by atoms with van der Waals surface area (Å²) >= 11 is 1.27. The lowest BCUT2D eigenvalue weighted by atomic mass is 9.83. The lowest BCUT2D eigenvalue weighted by Crippen LogP contribution is -2.57. The van der Waals surface area contributed by atoms with Gasteiger partial charge in [-0.15, -0.1) is 11.3 Å². The number of likely N-dealkylation sites (tertiary alicyclic amines) is 1. The maximum atomic E-state index is 12.1. The van der Waals surface area contributed by atoms with E-state index >= 15 is 0 Å². The molecule has 3 aliphatic rings. The second kappa shape index (κ2) is 15.4. The monoisotopic (exact) mass is 614 g/mol. The predicted octanol–water partition coefficient (Wildman–Crippen LogP) is 4.83. The normalized spacial score (nSPS) is 19.9. The van der Waals surface area contributed by atoms with Crippen molar-refractivity contribution in [3.63, 3.8) is 0 Å². The van der Waals surface area contributed by atoms with Gasteiger partial charge in [-0.2, -0.15) is 0 Å². The molecule has 0 radical (unpaired) electrons. The van der Waals surface area contributed by atoms with Crippen molar-refractivity contribution in [1.29, 1.82) is 0 Å². The van der Waals surface area contributed by atoms with E-state index in [-0.39, 0.29) is 12.1 Å². The molecule has 12 heteroatoms. The number of primary amides is 1. The van der Waals surface area contributed by atoms with Crippen LogP contribution in [-0.4, -0.2) is 101 Å². The summed E-state index contributed by atoms with van der Waals surface area (Å²) in [6.07, 6.45) is 7.69. The van der Waals surface area contributed by atoms with E-state index in [4.69, 9.17) is 15.6 Å². The molecule has 4 N–H and O–H groups in total. The van der Waals surface area contributed by atoms with Crippen LogP contribution in [0.25, 0.3) is 11.3 Å². The molecule has 2 aliphatic heterocycles. The summed E-state index contributed by atoms with van der Waals surface area (Å²) in [5.41, 5.74) is 8.33. The van der Waals surface area contributed by atoms with Crippen molar-refractivity contribution in [3.05, 3.63) is 34.2 Å². The molecular formula is C31H46N6O5S. The summed E-state index contributed by atoms with van der Waals surface area (Å²) in [4.78, 5) is 44.3. The zero-order valence-electron chi connectivity index (χ0n) is 25.6. The van der Waals surface area contributed by atoms with Gasteiger partial charge in [0.1, 0.15) is 5.75 Å². The summed E-state index contributed by atoms with van der Waals surface area (Å²) in [7, 11) is 1.65. The van der Waals surface area contributed by atoms with Crippen molar-refractivity contribution in [3.8, 4) is 17.0 Å². The molecule has 3 heterocycles. The van der Waals surface area contributed by atoms with Crippen LogP contribution < -0.4 is 15.8 Å². The fourth-order valence-corrected chi connectivity index (χ4v) is 6.85. The number of carboxylic acid groups (broad SMARTS) is 1. The first-order chi connectivity index (χ1) is 20.7. The predicted molar refractivity (Wildman–Crippen MR) is 168 cm³/mol.